The molecule has 0 saturated heterocycles. The Morgan fingerprint density at radius 1 is 1.07 bits per heavy atom. The Labute approximate surface area is 181 Å². The van der Waals surface area contributed by atoms with Crippen LogP contribution in [0.4, 0.5) is 0 Å². The predicted molar refractivity (Wildman–Crippen MR) is 119 cm³/mol. The predicted octanol–water partition coefficient (Wildman–Crippen LogP) is 4.32. The standard InChI is InChI=1S/C26H38N2O2/c1-2-30-18-24-12-19-13-25(15-24,20-6-4-3-5-7-20)17-26(14-19,16-24)23(29)28-22-10-8-21(27)9-11-22/h3-7,19,21-22H,2,8-18,27H2,1H3,(H,28,29)/t19-,21?,22?,24-,25+,26-/m0/s1. The van der Waals surface area contributed by atoms with Crippen LogP contribution in [-0.2, 0) is 14.9 Å². The summed E-state index contributed by atoms with van der Waals surface area (Å²) in [5, 5.41) is 3.50. The lowest BCUT2D eigenvalue weighted by molar-refractivity contribution is -0.172. The monoisotopic (exact) mass is 410 g/mol. The van der Waals surface area contributed by atoms with Crippen molar-refractivity contribution in [3.05, 3.63) is 35.9 Å². The second kappa shape index (κ2) is 7.63. The largest absolute Gasteiger partial charge is 0.381 e. The molecule has 1 aromatic carbocycles. The molecule has 4 bridgehead atoms. The van der Waals surface area contributed by atoms with Crippen molar-refractivity contribution in [2.24, 2.45) is 22.5 Å². The van der Waals surface area contributed by atoms with Gasteiger partial charge in [0.1, 0.15) is 0 Å². The van der Waals surface area contributed by atoms with Crippen molar-refractivity contribution < 1.29 is 9.53 Å². The van der Waals surface area contributed by atoms with Gasteiger partial charge in [-0.2, -0.15) is 0 Å². The third kappa shape index (κ3) is 3.50. The molecule has 4 atom stereocenters. The Morgan fingerprint density at radius 2 is 1.83 bits per heavy atom. The normalized spacial score (nSPS) is 42.3. The van der Waals surface area contributed by atoms with E-state index >= 15 is 0 Å². The zero-order valence-corrected chi connectivity index (χ0v) is 18.5. The first-order chi connectivity index (χ1) is 14.5. The third-order valence-corrected chi connectivity index (χ3v) is 8.77. The molecule has 4 nitrogen and oxygen atoms in total. The fraction of sp³-hybridized carbons (Fsp3) is 0.731. The second-order valence-corrected chi connectivity index (χ2v) is 11.2. The number of carbonyl (C=O) groups excluding carboxylic acids is 1. The van der Waals surface area contributed by atoms with Crippen LogP contribution in [0.1, 0.15) is 76.7 Å². The van der Waals surface area contributed by atoms with Crippen molar-refractivity contribution in [1.82, 2.24) is 5.32 Å². The molecule has 3 N–H and O–H groups in total. The Hall–Kier alpha value is -1.39. The van der Waals surface area contributed by atoms with Crippen LogP contribution in [0.5, 0.6) is 0 Å². The molecular formula is C26H38N2O2. The van der Waals surface area contributed by atoms with Crippen LogP contribution in [0.15, 0.2) is 30.3 Å². The Balaban J connectivity index is 1.45. The van der Waals surface area contributed by atoms with E-state index in [4.69, 9.17) is 10.5 Å². The summed E-state index contributed by atoms with van der Waals surface area (Å²) < 4.78 is 6.04. The SMILES string of the molecule is CCOC[C@]12C[C@@H]3C[C@](C(=O)NC4CCC(N)CC4)(C1)C[C@@](c1ccccc1)(C3)C2. The topological polar surface area (TPSA) is 64.3 Å². The Morgan fingerprint density at radius 3 is 2.57 bits per heavy atom. The Bertz CT molecular complexity index is 774. The van der Waals surface area contributed by atoms with Gasteiger partial charge in [0.25, 0.3) is 0 Å². The number of benzene rings is 1. The summed E-state index contributed by atoms with van der Waals surface area (Å²) in [4.78, 5) is 13.9. The van der Waals surface area contributed by atoms with Crippen LogP contribution >= 0.6 is 0 Å². The number of carbonyl (C=O) groups is 1. The van der Waals surface area contributed by atoms with Crippen LogP contribution in [0, 0.1) is 16.7 Å². The van der Waals surface area contributed by atoms with E-state index in [9.17, 15) is 4.79 Å². The van der Waals surface area contributed by atoms with Gasteiger partial charge in [-0.15, -0.1) is 0 Å². The van der Waals surface area contributed by atoms with Crippen LogP contribution < -0.4 is 11.1 Å². The molecule has 0 unspecified atom stereocenters. The highest BCUT2D eigenvalue weighted by molar-refractivity contribution is 5.84. The van der Waals surface area contributed by atoms with E-state index in [-0.39, 0.29) is 16.2 Å². The molecule has 30 heavy (non-hydrogen) atoms. The molecule has 4 heteroatoms. The minimum atomic E-state index is -0.230. The van der Waals surface area contributed by atoms with E-state index in [2.05, 4.69) is 42.6 Å². The molecule has 5 aliphatic carbocycles. The summed E-state index contributed by atoms with van der Waals surface area (Å²) >= 11 is 0. The maximum atomic E-state index is 13.9. The number of hydrogen-bond donors (Lipinski definition) is 2. The summed E-state index contributed by atoms with van der Waals surface area (Å²) in [6.45, 7) is 3.65. The van der Waals surface area contributed by atoms with Gasteiger partial charge in [-0.05, 0) is 93.4 Å². The molecule has 0 aromatic heterocycles. The molecule has 0 aliphatic heterocycles. The van der Waals surface area contributed by atoms with Crippen LogP contribution in [-0.4, -0.2) is 31.2 Å². The lowest BCUT2D eigenvalue weighted by atomic mass is 9.38. The van der Waals surface area contributed by atoms with Crippen molar-refractivity contribution in [2.45, 2.75) is 88.6 Å². The van der Waals surface area contributed by atoms with Gasteiger partial charge in [-0.3, -0.25) is 4.79 Å². The van der Waals surface area contributed by atoms with E-state index < -0.39 is 0 Å². The van der Waals surface area contributed by atoms with Gasteiger partial charge in [0.15, 0.2) is 0 Å². The summed E-state index contributed by atoms with van der Waals surface area (Å²) in [6, 6.07) is 11.7. The molecule has 0 spiro atoms. The van der Waals surface area contributed by atoms with Gasteiger partial charge in [0.2, 0.25) is 5.91 Å². The molecule has 0 radical (unpaired) electrons. The number of amides is 1. The number of hydrogen-bond acceptors (Lipinski definition) is 3. The molecule has 1 amide bonds. The highest BCUT2D eigenvalue weighted by atomic mass is 16.5. The lowest BCUT2D eigenvalue weighted by Gasteiger charge is -2.66. The van der Waals surface area contributed by atoms with Gasteiger partial charge in [0.05, 0.1) is 12.0 Å². The first kappa shape index (κ1) is 20.5. The van der Waals surface area contributed by atoms with Gasteiger partial charge in [0, 0.05) is 18.7 Å². The summed E-state index contributed by atoms with van der Waals surface area (Å²) in [5.74, 6) is 0.959. The van der Waals surface area contributed by atoms with Gasteiger partial charge in [-0.25, -0.2) is 0 Å². The second-order valence-electron chi connectivity index (χ2n) is 11.2. The quantitative estimate of drug-likeness (QED) is 0.734. The summed E-state index contributed by atoms with van der Waals surface area (Å²) in [5.41, 5.74) is 7.58. The van der Waals surface area contributed by atoms with Crippen molar-refractivity contribution in [3.63, 3.8) is 0 Å². The van der Waals surface area contributed by atoms with E-state index in [1.54, 1.807) is 0 Å². The van der Waals surface area contributed by atoms with Crippen LogP contribution in [0.3, 0.4) is 0 Å². The maximum absolute atomic E-state index is 13.9. The zero-order valence-electron chi connectivity index (χ0n) is 18.5. The summed E-state index contributed by atoms with van der Waals surface area (Å²) in [6.07, 6.45) is 10.8. The van der Waals surface area contributed by atoms with E-state index in [1.807, 2.05) is 0 Å². The van der Waals surface area contributed by atoms with Crippen LogP contribution in [0.2, 0.25) is 0 Å². The van der Waals surface area contributed by atoms with Crippen molar-refractivity contribution in [3.8, 4) is 0 Å². The maximum Gasteiger partial charge on any atom is 0.226 e. The van der Waals surface area contributed by atoms with Gasteiger partial charge < -0.3 is 15.8 Å². The van der Waals surface area contributed by atoms with E-state index in [0.29, 0.717) is 23.9 Å². The summed E-state index contributed by atoms with van der Waals surface area (Å²) in [7, 11) is 0. The average molecular weight is 411 g/mol. The fourth-order valence-corrected chi connectivity index (χ4v) is 8.09. The minimum Gasteiger partial charge on any atom is -0.381 e. The van der Waals surface area contributed by atoms with Crippen molar-refractivity contribution >= 4 is 5.91 Å². The van der Waals surface area contributed by atoms with Crippen molar-refractivity contribution in [1.29, 1.82) is 0 Å². The molecule has 0 heterocycles. The molecule has 164 valence electrons. The number of ether oxygens (including phenoxy) is 1. The van der Waals surface area contributed by atoms with E-state index in [0.717, 1.165) is 58.2 Å². The molecule has 5 saturated carbocycles. The number of nitrogens with one attached hydrogen (secondary N) is 1. The first-order valence-electron chi connectivity index (χ1n) is 12.2. The highest BCUT2D eigenvalue weighted by Crippen LogP contribution is 2.70. The highest BCUT2D eigenvalue weighted by Gasteiger charge is 2.66. The lowest BCUT2D eigenvalue weighted by Crippen LogP contribution is -2.64. The molecule has 1 aromatic rings. The van der Waals surface area contributed by atoms with Gasteiger partial charge in [-0.1, -0.05) is 30.3 Å². The zero-order chi connectivity index (χ0) is 20.8. The molecule has 6 rings (SSSR count). The van der Waals surface area contributed by atoms with Gasteiger partial charge >= 0.3 is 0 Å². The van der Waals surface area contributed by atoms with Crippen molar-refractivity contribution in [2.75, 3.05) is 13.2 Å². The Kier molecular flexibility index (Phi) is 5.22. The van der Waals surface area contributed by atoms with Crippen LogP contribution in [0.25, 0.3) is 0 Å². The molecule has 5 fully saturated rings. The molecular weight excluding hydrogens is 372 g/mol. The number of rotatable bonds is 6. The minimum absolute atomic E-state index is 0.129. The first-order valence-corrected chi connectivity index (χ1v) is 12.2. The fourth-order valence-electron chi connectivity index (χ4n) is 8.09. The molecule has 5 aliphatic rings. The van der Waals surface area contributed by atoms with E-state index in [1.165, 1.54) is 24.8 Å². The third-order valence-electron chi connectivity index (χ3n) is 8.77. The average Bonchev–Trinajstić information content (AvgIpc) is 2.74. The smallest absolute Gasteiger partial charge is 0.226 e. The number of nitrogens with two attached hydrogens (primary N) is 1.